The highest BCUT2D eigenvalue weighted by molar-refractivity contribution is 6.30. The molecule has 1 aliphatic rings. The van der Waals surface area contributed by atoms with Gasteiger partial charge >= 0.3 is 0 Å². The average molecular weight is 420 g/mol. The third-order valence-electron chi connectivity index (χ3n) is 4.84. The van der Waals surface area contributed by atoms with E-state index in [1.54, 1.807) is 25.3 Å². The highest BCUT2D eigenvalue weighted by Gasteiger charge is 2.26. The van der Waals surface area contributed by atoms with Gasteiger partial charge in [-0.3, -0.25) is 4.90 Å². The summed E-state index contributed by atoms with van der Waals surface area (Å²) in [5, 5.41) is 11.1. The van der Waals surface area contributed by atoms with E-state index in [9.17, 15) is 9.90 Å². The highest BCUT2D eigenvalue weighted by atomic mass is 35.5. The van der Waals surface area contributed by atoms with Crippen LogP contribution in [0.4, 0.5) is 0 Å². The zero-order valence-corrected chi connectivity index (χ0v) is 17.2. The molecule has 7 heteroatoms. The summed E-state index contributed by atoms with van der Waals surface area (Å²) in [7, 11) is 1.55. The minimum Gasteiger partial charge on any atom is -0.496 e. The van der Waals surface area contributed by atoms with Crippen LogP contribution in [-0.4, -0.2) is 61.9 Å². The normalized spacial score (nSPS) is 17.7. The lowest BCUT2D eigenvalue weighted by molar-refractivity contribution is -0.107. The van der Waals surface area contributed by atoms with E-state index in [4.69, 9.17) is 25.8 Å². The molecule has 0 amide bonds. The maximum absolute atomic E-state index is 11.0. The highest BCUT2D eigenvalue weighted by Crippen LogP contribution is 2.28. The van der Waals surface area contributed by atoms with Crippen molar-refractivity contribution in [3.63, 3.8) is 0 Å². The summed E-state index contributed by atoms with van der Waals surface area (Å²) in [4.78, 5) is 13.1. The van der Waals surface area contributed by atoms with Gasteiger partial charge in [0.15, 0.2) is 0 Å². The Balaban J connectivity index is 1.47. The molecule has 2 atom stereocenters. The van der Waals surface area contributed by atoms with Gasteiger partial charge in [-0.05, 0) is 42.8 Å². The molecule has 1 N–H and O–H groups in total. The molecule has 1 aliphatic heterocycles. The largest absolute Gasteiger partial charge is 0.496 e. The molecule has 156 valence electrons. The molecule has 1 fully saturated rings. The second-order valence-corrected chi connectivity index (χ2v) is 7.45. The zero-order chi connectivity index (χ0) is 20.6. The lowest BCUT2D eigenvalue weighted by Gasteiger charge is -2.21. The molecule has 29 heavy (non-hydrogen) atoms. The van der Waals surface area contributed by atoms with Gasteiger partial charge < -0.3 is 24.1 Å². The van der Waals surface area contributed by atoms with Gasteiger partial charge in [-0.25, -0.2) is 0 Å². The van der Waals surface area contributed by atoms with Crippen LogP contribution in [0, 0.1) is 0 Å². The molecular weight excluding hydrogens is 394 g/mol. The summed E-state index contributed by atoms with van der Waals surface area (Å²) in [6.45, 7) is 2.23. The van der Waals surface area contributed by atoms with Crippen LogP contribution < -0.4 is 14.2 Å². The molecule has 3 rings (SSSR count). The Hall–Kier alpha value is -2.28. The van der Waals surface area contributed by atoms with Gasteiger partial charge in [0.1, 0.15) is 42.3 Å². The summed E-state index contributed by atoms with van der Waals surface area (Å²) in [6.07, 6.45) is 1.34. The van der Waals surface area contributed by atoms with Gasteiger partial charge in [-0.2, -0.15) is 0 Å². The van der Waals surface area contributed by atoms with Crippen molar-refractivity contribution in [3.05, 3.63) is 53.1 Å². The number of aliphatic hydroxyl groups is 1. The number of methoxy groups -OCH3 is 1. The van der Waals surface area contributed by atoms with Gasteiger partial charge in [-0.15, -0.1) is 0 Å². The number of nitrogens with zero attached hydrogens (tertiary/aromatic N) is 1. The Bertz CT molecular complexity index is 798. The second-order valence-electron chi connectivity index (χ2n) is 7.01. The predicted octanol–water partition coefficient (Wildman–Crippen LogP) is 2.98. The van der Waals surface area contributed by atoms with Crippen LogP contribution in [-0.2, 0) is 11.2 Å². The van der Waals surface area contributed by atoms with Crippen LogP contribution in [0.2, 0.25) is 5.02 Å². The number of rotatable bonds is 10. The number of halogens is 1. The van der Waals surface area contributed by atoms with Crippen LogP contribution in [0.5, 0.6) is 17.2 Å². The Kier molecular flexibility index (Phi) is 7.75. The summed E-state index contributed by atoms with van der Waals surface area (Å²) in [6, 6.07) is 12.7. The molecule has 0 saturated carbocycles. The molecule has 0 bridgehead atoms. The van der Waals surface area contributed by atoms with Crippen molar-refractivity contribution >= 4 is 17.9 Å². The van der Waals surface area contributed by atoms with E-state index in [1.165, 1.54) is 0 Å². The van der Waals surface area contributed by atoms with Crippen molar-refractivity contribution in [1.29, 1.82) is 0 Å². The molecule has 0 aromatic heterocycles. The van der Waals surface area contributed by atoms with Gasteiger partial charge in [0.2, 0.25) is 0 Å². The molecule has 1 heterocycles. The lowest BCUT2D eigenvalue weighted by Crippen LogP contribution is -2.35. The van der Waals surface area contributed by atoms with Crippen molar-refractivity contribution < 1.29 is 24.1 Å². The Morgan fingerprint density at radius 3 is 2.72 bits per heavy atom. The maximum Gasteiger partial charge on any atom is 0.126 e. The van der Waals surface area contributed by atoms with Crippen LogP contribution in [0.1, 0.15) is 12.0 Å². The first-order valence-corrected chi connectivity index (χ1v) is 10.0. The average Bonchev–Trinajstić information content (AvgIpc) is 3.15. The first-order chi connectivity index (χ1) is 14.1. The first-order valence-electron chi connectivity index (χ1n) is 9.64. The SMILES string of the molecule is COc1cccc(OCC(O)CN2CCC(Oc3ccc(Cl)cc3)C2)c1CC=O. The third-order valence-corrected chi connectivity index (χ3v) is 5.10. The minimum atomic E-state index is -0.653. The lowest BCUT2D eigenvalue weighted by atomic mass is 10.1. The summed E-state index contributed by atoms with van der Waals surface area (Å²) < 4.78 is 17.0. The molecule has 2 aromatic carbocycles. The number of aldehydes is 1. The summed E-state index contributed by atoms with van der Waals surface area (Å²) in [5.74, 6) is 1.96. The summed E-state index contributed by atoms with van der Waals surface area (Å²) >= 11 is 5.90. The van der Waals surface area contributed by atoms with Crippen molar-refractivity contribution in [2.24, 2.45) is 0 Å². The molecule has 2 aromatic rings. The Labute approximate surface area is 175 Å². The smallest absolute Gasteiger partial charge is 0.126 e. The van der Waals surface area contributed by atoms with Gasteiger partial charge in [0.25, 0.3) is 0 Å². The van der Waals surface area contributed by atoms with E-state index in [0.29, 0.717) is 28.6 Å². The van der Waals surface area contributed by atoms with E-state index in [-0.39, 0.29) is 19.1 Å². The zero-order valence-electron chi connectivity index (χ0n) is 16.4. The van der Waals surface area contributed by atoms with E-state index >= 15 is 0 Å². The Morgan fingerprint density at radius 1 is 1.24 bits per heavy atom. The topological polar surface area (TPSA) is 68.2 Å². The molecule has 2 unspecified atom stereocenters. The van der Waals surface area contributed by atoms with Crippen LogP contribution in [0.15, 0.2) is 42.5 Å². The van der Waals surface area contributed by atoms with E-state index in [1.807, 2.05) is 24.3 Å². The molecule has 0 aliphatic carbocycles. The molecule has 1 saturated heterocycles. The fraction of sp³-hybridized carbons (Fsp3) is 0.409. The van der Waals surface area contributed by atoms with Crippen molar-refractivity contribution in [3.8, 4) is 17.2 Å². The number of benzene rings is 2. The third kappa shape index (κ3) is 6.10. The summed E-state index contributed by atoms with van der Waals surface area (Å²) in [5.41, 5.74) is 0.690. The number of ether oxygens (including phenoxy) is 3. The maximum atomic E-state index is 11.0. The van der Waals surface area contributed by atoms with Crippen LogP contribution in [0.25, 0.3) is 0 Å². The number of hydrogen-bond donors (Lipinski definition) is 1. The number of carbonyl (C=O) groups excluding carboxylic acids is 1. The fourth-order valence-electron chi connectivity index (χ4n) is 3.46. The van der Waals surface area contributed by atoms with Crippen molar-refractivity contribution in [1.82, 2.24) is 4.90 Å². The number of β-amino-alcohol motifs (C(OH)–C–C–N with tert-alkyl or cyclic N) is 1. The fourth-order valence-corrected chi connectivity index (χ4v) is 3.58. The molecular formula is C22H26ClNO5. The number of aliphatic hydroxyl groups excluding tert-OH is 1. The van der Waals surface area contributed by atoms with Gasteiger partial charge in [-0.1, -0.05) is 17.7 Å². The number of likely N-dealkylation sites (tertiary alicyclic amines) is 1. The predicted molar refractivity (Wildman–Crippen MR) is 111 cm³/mol. The van der Waals surface area contributed by atoms with Crippen molar-refractivity contribution in [2.75, 3.05) is 33.4 Å². The number of hydrogen-bond acceptors (Lipinski definition) is 6. The molecule has 0 radical (unpaired) electrons. The quantitative estimate of drug-likeness (QED) is 0.597. The standard InChI is InChI=1S/C22H26ClNO5/c1-27-21-3-2-4-22(20(21)10-12-25)28-15-17(26)13-24-11-9-19(14-24)29-18-7-5-16(23)6-8-18/h2-8,12,17,19,26H,9-11,13-15H2,1H3. The first kappa shape index (κ1) is 21.4. The van der Waals surface area contributed by atoms with E-state index in [0.717, 1.165) is 31.5 Å². The minimum absolute atomic E-state index is 0.0851. The number of carbonyl (C=O) groups is 1. The van der Waals surface area contributed by atoms with Crippen LogP contribution in [0.3, 0.4) is 0 Å². The van der Waals surface area contributed by atoms with Gasteiger partial charge in [0.05, 0.1) is 7.11 Å². The van der Waals surface area contributed by atoms with Gasteiger partial charge in [0, 0.05) is 36.6 Å². The van der Waals surface area contributed by atoms with E-state index in [2.05, 4.69) is 4.90 Å². The molecule has 0 spiro atoms. The van der Waals surface area contributed by atoms with E-state index < -0.39 is 6.10 Å². The van der Waals surface area contributed by atoms with Crippen molar-refractivity contribution in [2.45, 2.75) is 25.0 Å². The Morgan fingerprint density at radius 2 is 2.00 bits per heavy atom. The second kappa shape index (κ2) is 10.5. The van der Waals surface area contributed by atoms with Crippen LogP contribution >= 0.6 is 11.6 Å². The molecule has 6 nitrogen and oxygen atoms in total. The monoisotopic (exact) mass is 419 g/mol.